The van der Waals surface area contributed by atoms with E-state index >= 15 is 0 Å². The smallest absolute Gasteiger partial charge is 0.255 e. The van der Waals surface area contributed by atoms with Crippen LogP contribution in [0.1, 0.15) is 22.8 Å². The standard InChI is InChI=1S/C17H20N2O2/c1-3-18-12-13-7-9-15(10-8-13)19-17(20)14-5-4-6-16(11-14)21-2/h4-11,18H,3,12H2,1-2H3,(H,19,20). The summed E-state index contributed by atoms with van der Waals surface area (Å²) in [6.07, 6.45) is 0. The zero-order chi connectivity index (χ0) is 15.1. The van der Waals surface area contributed by atoms with Gasteiger partial charge >= 0.3 is 0 Å². The number of ether oxygens (including phenoxy) is 1. The van der Waals surface area contributed by atoms with Crippen molar-refractivity contribution in [3.05, 3.63) is 59.7 Å². The Morgan fingerprint density at radius 3 is 2.57 bits per heavy atom. The number of carbonyl (C=O) groups excluding carboxylic acids is 1. The molecule has 0 aliphatic heterocycles. The molecule has 0 aliphatic rings. The normalized spacial score (nSPS) is 10.2. The maximum absolute atomic E-state index is 12.2. The van der Waals surface area contributed by atoms with E-state index in [9.17, 15) is 4.79 Å². The van der Waals surface area contributed by atoms with Crippen LogP contribution in [0.4, 0.5) is 5.69 Å². The predicted octanol–water partition coefficient (Wildman–Crippen LogP) is 3.06. The number of nitrogens with one attached hydrogen (secondary N) is 2. The molecule has 1 amide bonds. The molecule has 0 radical (unpaired) electrons. The van der Waals surface area contributed by atoms with Crippen molar-refractivity contribution in [2.75, 3.05) is 19.0 Å². The van der Waals surface area contributed by atoms with Crippen LogP contribution in [0.2, 0.25) is 0 Å². The molecule has 0 saturated carbocycles. The van der Waals surface area contributed by atoms with Crippen LogP contribution in [0.3, 0.4) is 0 Å². The first-order valence-electron chi connectivity index (χ1n) is 6.98. The van der Waals surface area contributed by atoms with Crippen molar-refractivity contribution < 1.29 is 9.53 Å². The third-order valence-corrected chi connectivity index (χ3v) is 3.12. The molecule has 0 aromatic heterocycles. The van der Waals surface area contributed by atoms with Crippen molar-refractivity contribution in [1.29, 1.82) is 0 Å². The van der Waals surface area contributed by atoms with E-state index in [0.29, 0.717) is 11.3 Å². The van der Waals surface area contributed by atoms with E-state index in [2.05, 4.69) is 17.6 Å². The first-order valence-corrected chi connectivity index (χ1v) is 6.98. The summed E-state index contributed by atoms with van der Waals surface area (Å²) in [6, 6.07) is 14.9. The highest BCUT2D eigenvalue weighted by Crippen LogP contribution is 2.15. The topological polar surface area (TPSA) is 50.4 Å². The van der Waals surface area contributed by atoms with Crippen molar-refractivity contribution in [3.63, 3.8) is 0 Å². The summed E-state index contributed by atoms with van der Waals surface area (Å²) in [5.41, 5.74) is 2.55. The minimum Gasteiger partial charge on any atom is -0.497 e. The second-order valence-corrected chi connectivity index (χ2v) is 4.66. The van der Waals surface area contributed by atoms with E-state index in [0.717, 1.165) is 18.8 Å². The average Bonchev–Trinajstić information content (AvgIpc) is 2.54. The summed E-state index contributed by atoms with van der Waals surface area (Å²) in [4.78, 5) is 12.2. The third-order valence-electron chi connectivity index (χ3n) is 3.12. The number of amides is 1. The highest BCUT2D eigenvalue weighted by Gasteiger charge is 2.07. The van der Waals surface area contributed by atoms with Crippen molar-refractivity contribution in [1.82, 2.24) is 5.32 Å². The van der Waals surface area contributed by atoms with Gasteiger partial charge in [-0.15, -0.1) is 0 Å². The minimum absolute atomic E-state index is 0.145. The van der Waals surface area contributed by atoms with Gasteiger partial charge in [0.1, 0.15) is 5.75 Å². The van der Waals surface area contributed by atoms with Gasteiger partial charge in [-0.05, 0) is 42.4 Å². The quantitative estimate of drug-likeness (QED) is 0.857. The summed E-state index contributed by atoms with van der Waals surface area (Å²) in [6.45, 7) is 3.84. The zero-order valence-electron chi connectivity index (χ0n) is 12.3. The Labute approximate surface area is 125 Å². The van der Waals surface area contributed by atoms with E-state index in [1.807, 2.05) is 30.3 Å². The Kier molecular flexibility index (Phi) is 5.35. The fourth-order valence-corrected chi connectivity index (χ4v) is 1.94. The molecule has 0 atom stereocenters. The number of rotatable bonds is 6. The van der Waals surface area contributed by atoms with Gasteiger partial charge in [-0.3, -0.25) is 4.79 Å². The van der Waals surface area contributed by atoms with E-state index in [1.54, 1.807) is 25.3 Å². The molecule has 0 unspecified atom stereocenters. The Morgan fingerprint density at radius 1 is 1.14 bits per heavy atom. The number of hydrogen-bond donors (Lipinski definition) is 2. The van der Waals surface area contributed by atoms with Gasteiger partial charge < -0.3 is 15.4 Å². The lowest BCUT2D eigenvalue weighted by molar-refractivity contribution is 0.102. The highest BCUT2D eigenvalue weighted by molar-refractivity contribution is 6.04. The summed E-state index contributed by atoms with van der Waals surface area (Å²) in [5, 5.41) is 6.14. The molecule has 0 heterocycles. The molecule has 2 aromatic rings. The Morgan fingerprint density at radius 2 is 1.90 bits per heavy atom. The lowest BCUT2D eigenvalue weighted by atomic mass is 10.1. The van der Waals surface area contributed by atoms with Gasteiger partial charge in [0, 0.05) is 17.8 Å². The fraction of sp³-hybridized carbons (Fsp3) is 0.235. The predicted molar refractivity (Wildman–Crippen MR) is 84.8 cm³/mol. The third kappa shape index (κ3) is 4.33. The molecular formula is C17H20N2O2. The van der Waals surface area contributed by atoms with Gasteiger partial charge in [-0.25, -0.2) is 0 Å². The van der Waals surface area contributed by atoms with Crippen LogP contribution >= 0.6 is 0 Å². The molecule has 0 fully saturated rings. The molecule has 0 aliphatic carbocycles. The van der Waals surface area contributed by atoms with Crippen LogP contribution in [0.25, 0.3) is 0 Å². The molecule has 4 nitrogen and oxygen atoms in total. The monoisotopic (exact) mass is 284 g/mol. The highest BCUT2D eigenvalue weighted by atomic mass is 16.5. The minimum atomic E-state index is -0.145. The molecule has 2 aromatic carbocycles. The van der Waals surface area contributed by atoms with E-state index in [-0.39, 0.29) is 5.91 Å². The number of benzene rings is 2. The molecule has 110 valence electrons. The van der Waals surface area contributed by atoms with Gasteiger partial charge in [-0.2, -0.15) is 0 Å². The fourth-order valence-electron chi connectivity index (χ4n) is 1.94. The summed E-state index contributed by atoms with van der Waals surface area (Å²) in [5.74, 6) is 0.525. The van der Waals surface area contributed by atoms with Crippen LogP contribution in [-0.2, 0) is 6.54 Å². The lowest BCUT2D eigenvalue weighted by Gasteiger charge is -2.08. The number of carbonyl (C=O) groups is 1. The van der Waals surface area contributed by atoms with Gasteiger partial charge in [0.2, 0.25) is 0 Å². The molecule has 0 spiro atoms. The molecule has 2 N–H and O–H groups in total. The maximum Gasteiger partial charge on any atom is 0.255 e. The first kappa shape index (κ1) is 15.1. The second kappa shape index (κ2) is 7.45. The van der Waals surface area contributed by atoms with Crippen LogP contribution in [0.5, 0.6) is 5.75 Å². The van der Waals surface area contributed by atoms with E-state index in [1.165, 1.54) is 5.56 Å². The summed E-state index contributed by atoms with van der Waals surface area (Å²) < 4.78 is 5.12. The summed E-state index contributed by atoms with van der Waals surface area (Å²) >= 11 is 0. The Bertz CT molecular complexity index is 594. The Balaban J connectivity index is 2.01. The SMILES string of the molecule is CCNCc1ccc(NC(=O)c2cccc(OC)c2)cc1. The van der Waals surface area contributed by atoms with Gasteiger partial charge in [0.25, 0.3) is 5.91 Å². The van der Waals surface area contributed by atoms with Crippen LogP contribution in [0.15, 0.2) is 48.5 Å². The largest absolute Gasteiger partial charge is 0.497 e. The average molecular weight is 284 g/mol. The van der Waals surface area contributed by atoms with Gasteiger partial charge in [0.15, 0.2) is 0 Å². The number of methoxy groups -OCH3 is 1. The lowest BCUT2D eigenvalue weighted by Crippen LogP contribution is -2.13. The van der Waals surface area contributed by atoms with Crippen LogP contribution < -0.4 is 15.4 Å². The van der Waals surface area contributed by atoms with Crippen molar-refractivity contribution in [2.45, 2.75) is 13.5 Å². The second-order valence-electron chi connectivity index (χ2n) is 4.66. The molecule has 0 bridgehead atoms. The first-order chi connectivity index (χ1) is 10.2. The number of anilines is 1. The van der Waals surface area contributed by atoms with Crippen LogP contribution in [0, 0.1) is 0 Å². The Hall–Kier alpha value is -2.33. The molecule has 4 heteroatoms. The zero-order valence-corrected chi connectivity index (χ0v) is 12.3. The van der Waals surface area contributed by atoms with Crippen LogP contribution in [-0.4, -0.2) is 19.6 Å². The number of hydrogen-bond acceptors (Lipinski definition) is 3. The van der Waals surface area contributed by atoms with Crippen molar-refractivity contribution in [2.24, 2.45) is 0 Å². The van der Waals surface area contributed by atoms with Crippen molar-refractivity contribution >= 4 is 11.6 Å². The van der Waals surface area contributed by atoms with E-state index < -0.39 is 0 Å². The molecular weight excluding hydrogens is 264 g/mol. The molecule has 2 rings (SSSR count). The van der Waals surface area contributed by atoms with Gasteiger partial charge in [0.05, 0.1) is 7.11 Å². The molecule has 0 saturated heterocycles. The summed E-state index contributed by atoms with van der Waals surface area (Å²) in [7, 11) is 1.58. The van der Waals surface area contributed by atoms with E-state index in [4.69, 9.17) is 4.74 Å². The van der Waals surface area contributed by atoms with Crippen molar-refractivity contribution in [3.8, 4) is 5.75 Å². The van der Waals surface area contributed by atoms with Gasteiger partial charge in [-0.1, -0.05) is 25.1 Å². The molecule has 21 heavy (non-hydrogen) atoms. The maximum atomic E-state index is 12.2.